The zero-order valence-corrected chi connectivity index (χ0v) is 9.82. The highest BCUT2D eigenvalue weighted by Gasteiger charge is 2.11. The molecule has 2 aromatic rings. The van der Waals surface area contributed by atoms with Crippen LogP contribution in [0.2, 0.25) is 5.02 Å². The third kappa shape index (κ3) is 2.82. The second kappa shape index (κ2) is 4.97. The molecule has 0 bridgehead atoms. The van der Waals surface area contributed by atoms with Crippen LogP contribution in [0.15, 0.2) is 42.7 Å². The molecule has 0 atom stereocenters. The summed E-state index contributed by atoms with van der Waals surface area (Å²) in [6.07, 6.45) is 3.61. The Labute approximate surface area is 104 Å². The topological polar surface area (TPSA) is 56.0 Å². The van der Waals surface area contributed by atoms with Gasteiger partial charge in [0.15, 0.2) is 5.78 Å². The molecule has 1 aromatic heterocycles. The number of benzene rings is 1. The highest BCUT2D eigenvalue weighted by atomic mass is 35.5. The number of rotatable bonds is 3. The number of ketones is 1. The van der Waals surface area contributed by atoms with Gasteiger partial charge in [-0.25, -0.2) is 0 Å². The third-order valence-corrected chi connectivity index (χ3v) is 2.71. The van der Waals surface area contributed by atoms with Crippen LogP contribution in [0.25, 0.3) is 0 Å². The van der Waals surface area contributed by atoms with Crippen molar-refractivity contribution in [3.05, 3.63) is 58.9 Å². The number of aromatic nitrogens is 1. The minimum Gasteiger partial charge on any atom is -0.399 e. The minimum atomic E-state index is -0.0599. The van der Waals surface area contributed by atoms with Crippen LogP contribution in [-0.2, 0) is 6.42 Å². The Morgan fingerprint density at radius 2 is 2.18 bits per heavy atom. The van der Waals surface area contributed by atoms with Gasteiger partial charge in [-0.05, 0) is 29.8 Å². The highest BCUT2D eigenvalue weighted by molar-refractivity contribution is 6.34. The summed E-state index contributed by atoms with van der Waals surface area (Å²) in [5.74, 6) is -0.0599. The summed E-state index contributed by atoms with van der Waals surface area (Å²) in [5, 5.41) is 0.424. The van der Waals surface area contributed by atoms with E-state index in [-0.39, 0.29) is 12.2 Å². The predicted molar refractivity (Wildman–Crippen MR) is 68.1 cm³/mol. The molecule has 1 heterocycles. The first-order valence-electron chi connectivity index (χ1n) is 5.14. The normalized spacial score (nSPS) is 10.2. The van der Waals surface area contributed by atoms with Crippen molar-refractivity contribution in [2.45, 2.75) is 6.42 Å². The van der Waals surface area contributed by atoms with E-state index in [1.54, 1.807) is 36.7 Å². The van der Waals surface area contributed by atoms with Crippen LogP contribution in [0.5, 0.6) is 0 Å². The molecule has 0 aliphatic rings. The molecule has 1 aromatic carbocycles. The summed E-state index contributed by atoms with van der Waals surface area (Å²) in [5.41, 5.74) is 7.48. The zero-order valence-electron chi connectivity index (χ0n) is 9.06. The number of nitrogens with zero attached hydrogens (tertiary/aromatic N) is 1. The summed E-state index contributed by atoms with van der Waals surface area (Å²) >= 11 is 5.97. The van der Waals surface area contributed by atoms with Crippen molar-refractivity contribution >= 4 is 23.1 Å². The Kier molecular flexibility index (Phi) is 3.40. The maximum atomic E-state index is 12.0. The van der Waals surface area contributed by atoms with Crippen molar-refractivity contribution in [3.8, 4) is 0 Å². The molecule has 0 aliphatic heterocycles. The van der Waals surface area contributed by atoms with Gasteiger partial charge in [0.05, 0.1) is 5.02 Å². The largest absolute Gasteiger partial charge is 0.399 e. The van der Waals surface area contributed by atoms with E-state index in [9.17, 15) is 4.79 Å². The number of carbonyl (C=O) groups is 1. The molecule has 2 N–H and O–H groups in total. The molecule has 0 radical (unpaired) electrons. The lowest BCUT2D eigenvalue weighted by molar-refractivity contribution is 0.0993. The van der Waals surface area contributed by atoms with Crippen molar-refractivity contribution < 1.29 is 4.79 Å². The first-order chi connectivity index (χ1) is 8.16. The van der Waals surface area contributed by atoms with Gasteiger partial charge < -0.3 is 5.73 Å². The number of hydrogen-bond donors (Lipinski definition) is 1. The summed E-state index contributed by atoms with van der Waals surface area (Å²) in [4.78, 5) is 16.0. The van der Waals surface area contributed by atoms with Crippen molar-refractivity contribution in [2.75, 3.05) is 5.73 Å². The van der Waals surface area contributed by atoms with E-state index in [4.69, 9.17) is 17.3 Å². The van der Waals surface area contributed by atoms with Crippen molar-refractivity contribution in [3.63, 3.8) is 0 Å². The molecule has 0 spiro atoms. The number of Topliss-reactive ketones (excluding diaryl/α,β-unsaturated/α-hetero) is 1. The standard InChI is InChI=1S/C13H11ClN2O/c14-12-4-3-10(15)7-11(12)13(17)6-9-2-1-5-16-8-9/h1-5,7-8H,6,15H2. The van der Waals surface area contributed by atoms with E-state index < -0.39 is 0 Å². The predicted octanol–water partition coefficient (Wildman–Crippen LogP) is 2.74. The lowest BCUT2D eigenvalue weighted by Crippen LogP contribution is -2.05. The first-order valence-corrected chi connectivity index (χ1v) is 5.52. The molecule has 0 saturated carbocycles. The van der Waals surface area contributed by atoms with Gasteiger partial charge in [-0.1, -0.05) is 17.7 Å². The Morgan fingerprint density at radius 1 is 1.35 bits per heavy atom. The van der Waals surface area contributed by atoms with Gasteiger partial charge >= 0.3 is 0 Å². The molecule has 0 amide bonds. The average Bonchev–Trinajstić information content (AvgIpc) is 2.33. The second-order valence-electron chi connectivity index (χ2n) is 3.70. The maximum absolute atomic E-state index is 12.0. The number of nitrogen functional groups attached to an aromatic ring is 1. The second-order valence-corrected chi connectivity index (χ2v) is 4.11. The molecular weight excluding hydrogens is 236 g/mol. The number of hydrogen-bond acceptors (Lipinski definition) is 3. The van der Waals surface area contributed by atoms with Crippen LogP contribution >= 0.6 is 11.6 Å². The molecule has 0 fully saturated rings. The van der Waals surface area contributed by atoms with Gasteiger partial charge in [0.1, 0.15) is 0 Å². The molecule has 2 rings (SSSR count). The van der Waals surface area contributed by atoms with Crippen LogP contribution in [0.1, 0.15) is 15.9 Å². The fourth-order valence-corrected chi connectivity index (χ4v) is 1.76. The Morgan fingerprint density at radius 3 is 2.88 bits per heavy atom. The highest BCUT2D eigenvalue weighted by Crippen LogP contribution is 2.20. The Balaban J connectivity index is 2.23. The lowest BCUT2D eigenvalue weighted by atomic mass is 10.0. The van der Waals surface area contributed by atoms with Crippen LogP contribution in [0, 0.1) is 0 Å². The van der Waals surface area contributed by atoms with E-state index in [1.165, 1.54) is 0 Å². The SMILES string of the molecule is Nc1ccc(Cl)c(C(=O)Cc2cccnc2)c1. The molecule has 86 valence electrons. The van der Waals surface area contributed by atoms with Crippen molar-refractivity contribution in [1.82, 2.24) is 4.98 Å². The van der Waals surface area contributed by atoms with Crippen LogP contribution in [0.4, 0.5) is 5.69 Å². The van der Waals surface area contributed by atoms with E-state index in [2.05, 4.69) is 4.98 Å². The summed E-state index contributed by atoms with van der Waals surface area (Å²) in [6.45, 7) is 0. The Bertz CT molecular complexity index is 540. The van der Waals surface area contributed by atoms with E-state index in [1.807, 2.05) is 6.07 Å². The third-order valence-electron chi connectivity index (χ3n) is 2.38. The summed E-state index contributed by atoms with van der Waals surface area (Å²) in [7, 11) is 0. The molecule has 4 heteroatoms. The number of carbonyl (C=O) groups excluding carboxylic acids is 1. The fraction of sp³-hybridized carbons (Fsp3) is 0.0769. The lowest BCUT2D eigenvalue weighted by Gasteiger charge is -2.04. The number of pyridine rings is 1. The fourth-order valence-electron chi connectivity index (χ4n) is 1.54. The van der Waals surface area contributed by atoms with Crippen molar-refractivity contribution in [2.24, 2.45) is 0 Å². The zero-order chi connectivity index (χ0) is 12.3. The number of nitrogens with two attached hydrogens (primary N) is 1. The van der Waals surface area contributed by atoms with E-state index >= 15 is 0 Å². The molecule has 0 unspecified atom stereocenters. The van der Waals surface area contributed by atoms with Crippen LogP contribution in [-0.4, -0.2) is 10.8 Å². The maximum Gasteiger partial charge on any atom is 0.168 e. The van der Waals surface area contributed by atoms with Gasteiger partial charge in [-0.2, -0.15) is 0 Å². The molecule has 0 saturated heterocycles. The first kappa shape index (κ1) is 11.6. The average molecular weight is 247 g/mol. The van der Waals surface area contributed by atoms with Crippen LogP contribution in [0.3, 0.4) is 0 Å². The number of halogens is 1. The summed E-state index contributed by atoms with van der Waals surface area (Å²) < 4.78 is 0. The Hall–Kier alpha value is -1.87. The smallest absolute Gasteiger partial charge is 0.168 e. The van der Waals surface area contributed by atoms with E-state index in [0.717, 1.165) is 5.56 Å². The quantitative estimate of drug-likeness (QED) is 0.669. The van der Waals surface area contributed by atoms with Gasteiger partial charge in [0.2, 0.25) is 0 Å². The van der Waals surface area contributed by atoms with Gasteiger partial charge in [-0.3, -0.25) is 9.78 Å². The molecule has 17 heavy (non-hydrogen) atoms. The molecule has 0 aliphatic carbocycles. The molecule has 3 nitrogen and oxygen atoms in total. The van der Waals surface area contributed by atoms with Crippen LogP contribution < -0.4 is 5.73 Å². The minimum absolute atomic E-state index is 0.0599. The van der Waals surface area contributed by atoms with Gasteiger partial charge in [0, 0.05) is 30.1 Å². The number of anilines is 1. The monoisotopic (exact) mass is 246 g/mol. The van der Waals surface area contributed by atoms with E-state index in [0.29, 0.717) is 16.3 Å². The molecular formula is C13H11ClN2O. The van der Waals surface area contributed by atoms with Gasteiger partial charge in [0.25, 0.3) is 0 Å². The van der Waals surface area contributed by atoms with Crippen molar-refractivity contribution in [1.29, 1.82) is 0 Å². The van der Waals surface area contributed by atoms with Gasteiger partial charge in [-0.15, -0.1) is 0 Å². The summed E-state index contributed by atoms with van der Waals surface area (Å²) in [6, 6.07) is 8.55.